The highest BCUT2D eigenvalue weighted by Gasteiger charge is 2.38. The van der Waals surface area contributed by atoms with Crippen LogP contribution in [-0.2, 0) is 11.2 Å². The van der Waals surface area contributed by atoms with E-state index in [-0.39, 0.29) is 17.9 Å². The van der Waals surface area contributed by atoms with Crippen LogP contribution in [0.2, 0.25) is 0 Å². The zero-order chi connectivity index (χ0) is 18.1. The number of carbonyl (C=O) groups is 2. The highest BCUT2D eigenvalue weighted by atomic mass is 32.1. The van der Waals surface area contributed by atoms with E-state index >= 15 is 0 Å². The van der Waals surface area contributed by atoms with E-state index in [0.717, 1.165) is 30.1 Å². The van der Waals surface area contributed by atoms with E-state index in [9.17, 15) is 9.59 Å². The number of hydrogen-bond acceptors (Lipinski definition) is 5. The minimum atomic E-state index is -0.0353. The Morgan fingerprint density at radius 3 is 2.85 bits per heavy atom. The fourth-order valence-electron chi connectivity index (χ4n) is 3.95. The number of piperidine rings is 1. The summed E-state index contributed by atoms with van der Waals surface area (Å²) in [5.41, 5.74) is 1.32. The third kappa shape index (κ3) is 3.49. The molecule has 136 valence electrons. The second-order valence-corrected chi connectivity index (χ2v) is 8.17. The molecule has 2 atom stereocenters. The van der Waals surface area contributed by atoms with Crippen LogP contribution in [0.4, 0.5) is 0 Å². The van der Waals surface area contributed by atoms with Crippen molar-refractivity contribution < 1.29 is 9.59 Å². The summed E-state index contributed by atoms with van der Waals surface area (Å²) in [5, 5.41) is 2.94. The van der Waals surface area contributed by atoms with Gasteiger partial charge < -0.3 is 9.80 Å². The molecule has 2 aromatic heterocycles. The summed E-state index contributed by atoms with van der Waals surface area (Å²) in [5.74, 6) is 0.423. The van der Waals surface area contributed by atoms with Gasteiger partial charge in [0.15, 0.2) is 0 Å². The predicted octanol–water partition coefficient (Wildman–Crippen LogP) is 2.15. The third-order valence-corrected chi connectivity index (χ3v) is 6.03. The number of thiazole rings is 1. The van der Waals surface area contributed by atoms with Crippen molar-refractivity contribution in [1.29, 1.82) is 0 Å². The van der Waals surface area contributed by atoms with Crippen molar-refractivity contribution in [1.82, 2.24) is 19.8 Å². The summed E-state index contributed by atoms with van der Waals surface area (Å²) < 4.78 is 0. The number of carbonyl (C=O) groups excluding carboxylic acids is 2. The molecule has 2 amide bonds. The highest BCUT2D eigenvalue weighted by Crippen LogP contribution is 2.29. The Hall–Kier alpha value is -2.28. The fraction of sp³-hybridized carbons (Fsp3) is 0.474. The van der Waals surface area contributed by atoms with Crippen molar-refractivity contribution in [3.63, 3.8) is 0 Å². The molecule has 0 radical (unpaired) electrons. The van der Waals surface area contributed by atoms with Crippen LogP contribution in [0, 0.1) is 12.8 Å². The maximum absolute atomic E-state index is 12.8. The lowest BCUT2D eigenvalue weighted by Gasteiger charge is -2.36. The summed E-state index contributed by atoms with van der Waals surface area (Å²) in [6.45, 7) is 3.98. The number of aryl methyl sites for hydroxylation is 1. The van der Waals surface area contributed by atoms with Gasteiger partial charge in [-0.05, 0) is 37.8 Å². The number of hydrogen-bond donors (Lipinski definition) is 0. The Kier molecular flexibility index (Phi) is 4.72. The first kappa shape index (κ1) is 17.1. The first-order chi connectivity index (χ1) is 12.6. The minimum Gasteiger partial charge on any atom is -0.337 e. The lowest BCUT2D eigenvalue weighted by Crippen LogP contribution is -2.48. The third-order valence-electron chi connectivity index (χ3n) is 5.20. The average Bonchev–Trinajstić information content (AvgIpc) is 2.86. The molecule has 0 saturated carbocycles. The first-order valence-corrected chi connectivity index (χ1v) is 9.89. The molecule has 5 rings (SSSR count). The summed E-state index contributed by atoms with van der Waals surface area (Å²) in [6.07, 6.45) is 4.02. The lowest BCUT2D eigenvalue weighted by atomic mass is 9.94. The second kappa shape index (κ2) is 7.15. The molecule has 6 nitrogen and oxygen atoms in total. The van der Waals surface area contributed by atoms with Gasteiger partial charge in [0.05, 0.1) is 17.1 Å². The molecule has 0 aliphatic carbocycles. The van der Waals surface area contributed by atoms with E-state index in [1.165, 1.54) is 0 Å². The zero-order valence-corrected chi connectivity index (χ0v) is 15.6. The van der Waals surface area contributed by atoms with Crippen LogP contribution < -0.4 is 0 Å². The molecule has 0 spiro atoms. The van der Waals surface area contributed by atoms with Crippen LogP contribution in [-0.4, -0.2) is 57.3 Å². The van der Waals surface area contributed by atoms with Crippen LogP contribution in [0.15, 0.2) is 29.8 Å². The topological polar surface area (TPSA) is 66.4 Å². The van der Waals surface area contributed by atoms with Crippen LogP contribution in [0.3, 0.4) is 0 Å². The van der Waals surface area contributed by atoms with Gasteiger partial charge >= 0.3 is 0 Å². The molecule has 7 heteroatoms. The van der Waals surface area contributed by atoms with Crippen LogP contribution >= 0.6 is 11.3 Å². The summed E-state index contributed by atoms with van der Waals surface area (Å²) in [7, 11) is 0. The van der Waals surface area contributed by atoms with Gasteiger partial charge in [-0.1, -0.05) is 6.07 Å². The lowest BCUT2D eigenvalue weighted by molar-refractivity contribution is -0.134. The smallest absolute Gasteiger partial charge is 0.272 e. The second-order valence-electron chi connectivity index (χ2n) is 7.10. The number of amides is 2. The molecule has 3 saturated heterocycles. The highest BCUT2D eigenvalue weighted by molar-refractivity contribution is 7.09. The van der Waals surface area contributed by atoms with Crippen LogP contribution in [0.1, 0.15) is 34.0 Å². The molecule has 0 N–H and O–H groups in total. The molecular formula is C19H22N4O2S. The number of rotatable bonds is 3. The number of pyridine rings is 1. The Labute approximate surface area is 156 Å². The fourth-order valence-corrected chi connectivity index (χ4v) is 4.56. The first-order valence-electron chi connectivity index (χ1n) is 9.01. The summed E-state index contributed by atoms with van der Waals surface area (Å²) in [4.78, 5) is 38.1. The largest absolute Gasteiger partial charge is 0.337 e. The van der Waals surface area contributed by atoms with E-state index in [0.29, 0.717) is 31.1 Å². The molecule has 5 heterocycles. The van der Waals surface area contributed by atoms with Gasteiger partial charge in [-0.2, -0.15) is 0 Å². The molecule has 2 bridgehead atoms. The molecule has 0 unspecified atom stereocenters. The maximum atomic E-state index is 12.8. The number of aromatic nitrogens is 2. The molecule has 2 aromatic rings. The molecule has 3 aliphatic heterocycles. The van der Waals surface area contributed by atoms with Crippen molar-refractivity contribution in [3.8, 4) is 0 Å². The van der Waals surface area contributed by atoms with Crippen molar-refractivity contribution in [2.45, 2.75) is 32.2 Å². The monoisotopic (exact) mass is 370 g/mol. The minimum absolute atomic E-state index is 0.0353. The molecule has 3 fully saturated rings. The van der Waals surface area contributed by atoms with Gasteiger partial charge in [-0.25, -0.2) is 4.98 Å². The Morgan fingerprint density at radius 1 is 1.23 bits per heavy atom. The number of fused-ring (bicyclic) bond motifs is 4. The predicted molar refractivity (Wildman–Crippen MR) is 98.9 cm³/mol. The van der Waals surface area contributed by atoms with E-state index in [1.54, 1.807) is 23.6 Å². The van der Waals surface area contributed by atoms with Gasteiger partial charge in [-0.3, -0.25) is 14.6 Å². The van der Waals surface area contributed by atoms with Gasteiger partial charge in [0.2, 0.25) is 5.91 Å². The Bertz CT molecular complexity index is 807. The Morgan fingerprint density at radius 2 is 2.12 bits per heavy atom. The molecule has 3 aliphatic rings. The average molecular weight is 370 g/mol. The van der Waals surface area contributed by atoms with E-state index in [2.05, 4.69) is 9.97 Å². The van der Waals surface area contributed by atoms with Gasteiger partial charge in [0.1, 0.15) is 5.69 Å². The standard InChI is InChI=1S/C19H22N4O2S/c1-13-21-15(12-26-13)8-18(24)23-10-14-5-6-16(23)11-22(9-14)19(25)17-4-2-3-7-20-17/h2-4,7,12,14,16H,5-6,8-11H2,1H3/t14-,16+/m0/s1. The maximum Gasteiger partial charge on any atom is 0.272 e. The van der Waals surface area contributed by atoms with Crippen molar-refractivity contribution in [3.05, 3.63) is 46.2 Å². The van der Waals surface area contributed by atoms with Crippen molar-refractivity contribution in [2.24, 2.45) is 5.92 Å². The SMILES string of the molecule is Cc1nc(CC(=O)N2C[C@H]3CC[C@@H]2CN(C(=O)c2ccccn2)C3)cs1. The van der Waals surface area contributed by atoms with Gasteiger partial charge in [0, 0.05) is 37.3 Å². The van der Waals surface area contributed by atoms with E-state index in [1.807, 2.05) is 34.2 Å². The summed E-state index contributed by atoms with van der Waals surface area (Å²) >= 11 is 1.57. The Balaban J connectivity index is 1.48. The quantitative estimate of drug-likeness (QED) is 0.830. The normalized spacial score (nSPS) is 22.3. The van der Waals surface area contributed by atoms with Crippen molar-refractivity contribution >= 4 is 23.2 Å². The van der Waals surface area contributed by atoms with E-state index < -0.39 is 0 Å². The molecule has 0 aromatic carbocycles. The van der Waals surface area contributed by atoms with E-state index in [4.69, 9.17) is 0 Å². The van der Waals surface area contributed by atoms with Gasteiger partial charge in [-0.15, -0.1) is 11.3 Å². The van der Waals surface area contributed by atoms with Crippen molar-refractivity contribution in [2.75, 3.05) is 19.6 Å². The molecule has 26 heavy (non-hydrogen) atoms. The van der Waals surface area contributed by atoms with Crippen LogP contribution in [0.25, 0.3) is 0 Å². The molecular weight excluding hydrogens is 348 g/mol. The number of nitrogens with zero attached hydrogens (tertiary/aromatic N) is 4. The van der Waals surface area contributed by atoms with Gasteiger partial charge in [0.25, 0.3) is 5.91 Å². The zero-order valence-electron chi connectivity index (χ0n) is 14.8. The summed E-state index contributed by atoms with van der Waals surface area (Å²) in [6, 6.07) is 5.48. The van der Waals surface area contributed by atoms with Crippen LogP contribution in [0.5, 0.6) is 0 Å².